The first kappa shape index (κ1) is 17.7. The molecule has 0 aliphatic carbocycles. The predicted molar refractivity (Wildman–Crippen MR) is 107 cm³/mol. The van der Waals surface area contributed by atoms with Crippen LogP contribution in [-0.4, -0.2) is 33.0 Å². The Bertz CT molecular complexity index is 980. The van der Waals surface area contributed by atoms with Gasteiger partial charge in [0.2, 0.25) is 0 Å². The molecule has 1 fully saturated rings. The average molecular weight is 360 g/mol. The maximum absolute atomic E-state index is 11.5. The maximum atomic E-state index is 11.5. The smallest absolute Gasteiger partial charge is 0.337 e. The number of nitrogens with zero attached hydrogens (tertiary/aromatic N) is 2. The molecule has 3 aromatic rings. The first-order valence-electron chi connectivity index (χ1n) is 9.46. The highest BCUT2D eigenvalue weighted by molar-refractivity contribution is 5.88. The van der Waals surface area contributed by atoms with Crippen LogP contribution in [0.1, 0.15) is 41.4 Å². The molecule has 1 saturated heterocycles. The molecule has 0 saturated carbocycles. The van der Waals surface area contributed by atoms with E-state index in [2.05, 4.69) is 59.3 Å². The lowest BCUT2D eigenvalue weighted by atomic mass is 9.87. The molecular formula is C23H24N2O2. The zero-order chi connectivity index (χ0) is 18.9. The SMILES string of the molecule is C[C@]1(Cc2cccc3ccccc23)CCCN1Cc1ncccc1C(=O)O. The molecule has 0 unspecified atom stereocenters. The third-order valence-electron chi connectivity index (χ3n) is 5.82. The van der Waals surface area contributed by atoms with Gasteiger partial charge >= 0.3 is 5.97 Å². The molecule has 4 heteroatoms. The van der Waals surface area contributed by atoms with Crippen molar-refractivity contribution in [2.45, 2.75) is 38.3 Å². The number of carboxylic acid groups (broad SMARTS) is 1. The first-order valence-corrected chi connectivity index (χ1v) is 9.46. The monoisotopic (exact) mass is 360 g/mol. The first-order chi connectivity index (χ1) is 13.1. The van der Waals surface area contributed by atoms with Gasteiger partial charge in [-0.1, -0.05) is 42.5 Å². The van der Waals surface area contributed by atoms with Crippen molar-refractivity contribution in [1.82, 2.24) is 9.88 Å². The van der Waals surface area contributed by atoms with E-state index in [-0.39, 0.29) is 5.54 Å². The fourth-order valence-electron chi connectivity index (χ4n) is 4.35. The molecule has 4 nitrogen and oxygen atoms in total. The number of carboxylic acids is 1. The Morgan fingerprint density at radius 3 is 2.81 bits per heavy atom. The largest absolute Gasteiger partial charge is 0.478 e. The highest BCUT2D eigenvalue weighted by Crippen LogP contribution is 2.35. The molecule has 1 aromatic heterocycles. The number of aromatic nitrogens is 1. The average Bonchev–Trinajstić information content (AvgIpc) is 3.02. The van der Waals surface area contributed by atoms with Crippen LogP contribution < -0.4 is 0 Å². The molecule has 27 heavy (non-hydrogen) atoms. The summed E-state index contributed by atoms with van der Waals surface area (Å²) in [6, 6.07) is 18.3. The van der Waals surface area contributed by atoms with Gasteiger partial charge in [0.05, 0.1) is 11.3 Å². The number of fused-ring (bicyclic) bond motifs is 1. The highest BCUT2D eigenvalue weighted by atomic mass is 16.4. The lowest BCUT2D eigenvalue weighted by Gasteiger charge is -2.36. The normalized spacial score (nSPS) is 20.2. The van der Waals surface area contributed by atoms with E-state index in [0.29, 0.717) is 17.8 Å². The van der Waals surface area contributed by atoms with Gasteiger partial charge < -0.3 is 5.11 Å². The van der Waals surface area contributed by atoms with E-state index in [4.69, 9.17) is 0 Å². The second-order valence-electron chi connectivity index (χ2n) is 7.64. The summed E-state index contributed by atoms with van der Waals surface area (Å²) in [4.78, 5) is 18.3. The molecule has 0 bridgehead atoms. The minimum absolute atomic E-state index is 0.00256. The molecule has 0 amide bonds. The second-order valence-corrected chi connectivity index (χ2v) is 7.64. The van der Waals surface area contributed by atoms with Crippen molar-refractivity contribution >= 4 is 16.7 Å². The molecule has 2 heterocycles. The van der Waals surface area contributed by atoms with E-state index >= 15 is 0 Å². The van der Waals surface area contributed by atoms with E-state index in [9.17, 15) is 9.90 Å². The van der Waals surface area contributed by atoms with Crippen LogP contribution in [0.25, 0.3) is 10.8 Å². The van der Waals surface area contributed by atoms with Crippen LogP contribution in [0.2, 0.25) is 0 Å². The Labute approximate surface area is 159 Å². The van der Waals surface area contributed by atoms with Gasteiger partial charge in [-0.15, -0.1) is 0 Å². The summed E-state index contributed by atoms with van der Waals surface area (Å²) in [5.74, 6) is -0.909. The molecule has 1 aliphatic rings. The van der Waals surface area contributed by atoms with E-state index in [0.717, 1.165) is 25.8 Å². The molecule has 138 valence electrons. The predicted octanol–water partition coefficient (Wildman–Crippen LogP) is 4.53. The number of likely N-dealkylation sites (tertiary alicyclic amines) is 1. The van der Waals surface area contributed by atoms with Gasteiger partial charge in [0.1, 0.15) is 0 Å². The summed E-state index contributed by atoms with van der Waals surface area (Å²) in [6.07, 6.45) is 4.85. The van der Waals surface area contributed by atoms with Crippen LogP contribution in [0, 0.1) is 0 Å². The summed E-state index contributed by atoms with van der Waals surface area (Å²) in [5.41, 5.74) is 2.30. The Hall–Kier alpha value is -2.72. The molecule has 4 rings (SSSR count). The quantitative estimate of drug-likeness (QED) is 0.726. The van der Waals surface area contributed by atoms with Gasteiger partial charge in [-0.3, -0.25) is 9.88 Å². The number of benzene rings is 2. The number of pyridine rings is 1. The maximum Gasteiger partial charge on any atom is 0.337 e. The fourth-order valence-corrected chi connectivity index (χ4v) is 4.35. The number of hydrogen-bond acceptors (Lipinski definition) is 3. The van der Waals surface area contributed by atoms with Crippen LogP contribution in [-0.2, 0) is 13.0 Å². The molecule has 1 N–H and O–H groups in total. The van der Waals surface area contributed by atoms with Crippen molar-refractivity contribution < 1.29 is 9.90 Å². The summed E-state index contributed by atoms with van der Waals surface area (Å²) < 4.78 is 0. The molecule has 1 aliphatic heterocycles. The lowest BCUT2D eigenvalue weighted by molar-refractivity contribution is 0.0691. The van der Waals surface area contributed by atoms with Gasteiger partial charge in [0.15, 0.2) is 0 Å². The molecule has 1 atom stereocenters. The number of rotatable bonds is 5. The number of carbonyl (C=O) groups is 1. The van der Waals surface area contributed by atoms with E-state index < -0.39 is 5.97 Å². The van der Waals surface area contributed by atoms with Crippen molar-refractivity contribution in [3.63, 3.8) is 0 Å². The Balaban J connectivity index is 1.63. The van der Waals surface area contributed by atoms with E-state index in [1.54, 1.807) is 18.3 Å². The highest BCUT2D eigenvalue weighted by Gasteiger charge is 2.37. The third-order valence-corrected chi connectivity index (χ3v) is 5.82. The van der Waals surface area contributed by atoms with Crippen LogP contribution in [0.3, 0.4) is 0 Å². The van der Waals surface area contributed by atoms with Crippen LogP contribution in [0.4, 0.5) is 0 Å². The third kappa shape index (κ3) is 3.45. The lowest BCUT2D eigenvalue weighted by Crippen LogP contribution is -2.42. The topological polar surface area (TPSA) is 53.4 Å². The van der Waals surface area contributed by atoms with Crippen molar-refractivity contribution in [3.05, 3.63) is 77.6 Å². The molecule has 0 spiro atoms. The van der Waals surface area contributed by atoms with Crippen molar-refractivity contribution in [2.75, 3.05) is 6.54 Å². The summed E-state index contributed by atoms with van der Waals surface area (Å²) in [6.45, 7) is 3.84. The number of hydrogen-bond donors (Lipinski definition) is 1. The second kappa shape index (κ2) is 7.12. The van der Waals surface area contributed by atoms with Gasteiger partial charge in [-0.25, -0.2) is 4.79 Å². The summed E-state index contributed by atoms with van der Waals surface area (Å²) >= 11 is 0. The fraction of sp³-hybridized carbons (Fsp3) is 0.304. The zero-order valence-electron chi connectivity index (χ0n) is 15.6. The van der Waals surface area contributed by atoms with Crippen molar-refractivity contribution in [3.8, 4) is 0 Å². The zero-order valence-corrected chi connectivity index (χ0v) is 15.6. The van der Waals surface area contributed by atoms with Crippen LogP contribution >= 0.6 is 0 Å². The van der Waals surface area contributed by atoms with E-state index in [1.807, 2.05) is 0 Å². The minimum atomic E-state index is -0.909. The van der Waals surface area contributed by atoms with Crippen molar-refractivity contribution in [2.24, 2.45) is 0 Å². The Morgan fingerprint density at radius 1 is 1.15 bits per heavy atom. The van der Waals surface area contributed by atoms with Gasteiger partial charge in [-0.05, 0) is 61.2 Å². The van der Waals surface area contributed by atoms with Gasteiger partial charge in [0.25, 0.3) is 0 Å². The molecule has 0 radical (unpaired) electrons. The van der Waals surface area contributed by atoms with Crippen LogP contribution in [0.5, 0.6) is 0 Å². The number of aromatic carboxylic acids is 1. The van der Waals surface area contributed by atoms with Gasteiger partial charge in [0, 0.05) is 18.3 Å². The minimum Gasteiger partial charge on any atom is -0.478 e. The van der Waals surface area contributed by atoms with Gasteiger partial charge in [-0.2, -0.15) is 0 Å². The summed E-state index contributed by atoms with van der Waals surface area (Å²) in [7, 11) is 0. The standard InChI is InChI=1S/C23H24N2O2/c1-23(15-18-9-4-8-17-7-2-3-10-19(17)18)12-6-14-25(23)16-21-20(22(26)27)11-5-13-24-21/h2-5,7-11,13H,6,12,14-16H2,1H3,(H,26,27)/t23-/m1/s1. The molecule has 2 aromatic carbocycles. The van der Waals surface area contributed by atoms with Crippen LogP contribution in [0.15, 0.2) is 60.8 Å². The molecular weight excluding hydrogens is 336 g/mol. The van der Waals surface area contributed by atoms with Crippen molar-refractivity contribution in [1.29, 1.82) is 0 Å². The summed E-state index contributed by atoms with van der Waals surface area (Å²) in [5, 5.41) is 12.0. The van der Waals surface area contributed by atoms with E-state index in [1.165, 1.54) is 16.3 Å². The Kier molecular flexibility index (Phi) is 4.66. The Morgan fingerprint density at radius 2 is 1.96 bits per heavy atom.